The van der Waals surface area contributed by atoms with Crippen molar-refractivity contribution in [2.45, 2.75) is 38.6 Å². The Morgan fingerprint density at radius 1 is 1.28 bits per heavy atom. The molecular formula is C15H22N2O. The van der Waals surface area contributed by atoms with Gasteiger partial charge in [0.2, 0.25) is 5.91 Å². The summed E-state index contributed by atoms with van der Waals surface area (Å²) in [4.78, 5) is 12.0. The second-order valence-corrected chi connectivity index (χ2v) is 5.52. The van der Waals surface area contributed by atoms with Crippen molar-refractivity contribution in [1.29, 1.82) is 0 Å². The maximum atomic E-state index is 12.0. The third-order valence-electron chi connectivity index (χ3n) is 3.63. The lowest BCUT2D eigenvalue weighted by atomic mass is 9.90. The van der Waals surface area contributed by atoms with Crippen LogP contribution in [0.1, 0.15) is 30.9 Å². The van der Waals surface area contributed by atoms with Crippen LogP contribution in [0.4, 0.5) is 0 Å². The molecule has 0 radical (unpaired) electrons. The number of nitrogens with one attached hydrogen (secondary N) is 2. The summed E-state index contributed by atoms with van der Waals surface area (Å²) in [5.41, 5.74) is 2.27. The standard InChI is InChI=1S/C15H22N2O/c1-12-3-5-13(6-4-12)11-14(18)17-15(2)7-9-16-10-8-15/h3-6,16H,7-11H2,1-2H3,(H,17,18). The largest absolute Gasteiger partial charge is 0.351 e. The number of hydrogen-bond donors (Lipinski definition) is 2. The van der Waals surface area contributed by atoms with Crippen LogP contribution in [0.5, 0.6) is 0 Å². The van der Waals surface area contributed by atoms with E-state index in [9.17, 15) is 4.79 Å². The molecule has 98 valence electrons. The quantitative estimate of drug-likeness (QED) is 0.854. The summed E-state index contributed by atoms with van der Waals surface area (Å²) in [5, 5.41) is 6.50. The highest BCUT2D eigenvalue weighted by molar-refractivity contribution is 5.79. The van der Waals surface area contributed by atoms with Gasteiger partial charge in [0.05, 0.1) is 6.42 Å². The number of rotatable bonds is 3. The average molecular weight is 246 g/mol. The minimum Gasteiger partial charge on any atom is -0.351 e. The maximum absolute atomic E-state index is 12.0. The van der Waals surface area contributed by atoms with Gasteiger partial charge in [0, 0.05) is 5.54 Å². The van der Waals surface area contributed by atoms with E-state index in [0.717, 1.165) is 31.5 Å². The zero-order valence-electron chi connectivity index (χ0n) is 11.3. The molecule has 18 heavy (non-hydrogen) atoms. The molecule has 1 heterocycles. The van der Waals surface area contributed by atoms with Crippen LogP contribution in [0.25, 0.3) is 0 Å². The van der Waals surface area contributed by atoms with E-state index in [2.05, 4.69) is 36.6 Å². The van der Waals surface area contributed by atoms with Crippen LogP contribution in [0.3, 0.4) is 0 Å². The van der Waals surface area contributed by atoms with Crippen LogP contribution in [0, 0.1) is 6.92 Å². The Balaban J connectivity index is 1.90. The number of benzene rings is 1. The van der Waals surface area contributed by atoms with Gasteiger partial charge in [-0.2, -0.15) is 0 Å². The van der Waals surface area contributed by atoms with Crippen LogP contribution in [0.2, 0.25) is 0 Å². The molecule has 2 N–H and O–H groups in total. The average Bonchev–Trinajstić information content (AvgIpc) is 2.32. The predicted octanol–water partition coefficient (Wildman–Crippen LogP) is 1.80. The molecule has 0 bridgehead atoms. The van der Waals surface area contributed by atoms with Crippen molar-refractivity contribution < 1.29 is 4.79 Å². The zero-order valence-corrected chi connectivity index (χ0v) is 11.3. The zero-order chi connectivity index (χ0) is 13.0. The number of amides is 1. The van der Waals surface area contributed by atoms with Gasteiger partial charge in [-0.15, -0.1) is 0 Å². The maximum Gasteiger partial charge on any atom is 0.224 e. The van der Waals surface area contributed by atoms with Crippen LogP contribution in [0.15, 0.2) is 24.3 Å². The van der Waals surface area contributed by atoms with Crippen LogP contribution in [-0.2, 0) is 11.2 Å². The molecule has 1 aliphatic heterocycles. The summed E-state index contributed by atoms with van der Waals surface area (Å²) in [6.45, 7) is 6.17. The first-order valence-electron chi connectivity index (χ1n) is 6.65. The Hall–Kier alpha value is -1.35. The van der Waals surface area contributed by atoms with E-state index < -0.39 is 0 Å². The highest BCUT2D eigenvalue weighted by Crippen LogP contribution is 2.17. The van der Waals surface area contributed by atoms with Crippen LogP contribution in [-0.4, -0.2) is 24.5 Å². The van der Waals surface area contributed by atoms with Gasteiger partial charge in [0.25, 0.3) is 0 Å². The molecule has 0 atom stereocenters. The summed E-state index contributed by atoms with van der Waals surface area (Å²) < 4.78 is 0. The molecule has 1 aromatic rings. The molecule has 0 saturated carbocycles. The Labute approximate surface area is 109 Å². The van der Waals surface area contributed by atoms with E-state index in [1.54, 1.807) is 0 Å². The van der Waals surface area contributed by atoms with Crippen molar-refractivity contribution >= 4 is 5.91 Å². The molecule has 1 saturated heterocycles. The van der Waals surface area contributed by atoms with E-state index in [-0.39, 0.29) is 11.4 Å². The fourth-order valence-corrected chi connectivity index (χ4v) is 2.38. The molecule has 3 heteroatoms. The molecule has 1 aromatic carbocycles. The number of carbonyl (C=O) groups is 1. The monoisotopic (exact) mass is 246 g/mol. The third kappa shape index (κ3) is 3.57. The number of aryl methyl sites for hydroxylation is 1. The fraction of sp³-hybridized carbons (Fsp3) is 0.533. The van der Waals surface area contributed by atoms with Crippen molar-refractivity contribution in [2.24, 2.45) is 0 Å². The lowest BCUT2D eigenvalue weighted by Crippen LogP contribution is -2.52. The first-order valence-corrected chi connectivity index (χ1v) is 6.65. The van der Waals surface area contributed by atoms with Crippen molar-refractivity contribution in [3.05, 3.63) is 35.4 Å². The van der Waals surface area contributed by atoms with Gasteiger partial charge in [0.15, 0.2) is 0 Å². The second kappa shape index (κ2) is 5.53. The van der Waals surface area contributed by atoms with Gasteiger partial charge in [-0.25, -0.2) is 0 Å². The SMILES string of the molecule is Cc1ccc(CC(=O)NC2(C)CCNCC2)cc1. The van der Waals surface area contributed by atoms with Gasteiger partial charge in [0.1, 0.15) is 0 Å². The minimum absolute atomic E-state index is 0.0347. The van der Waals surface area contributed by atoms with Crippen molar-refractivity contribution in [1.82, 2.24) is 10.6 Å². The summed E-state index contributed by atoms with van der Waals surface area (Å²) in [7, 11) is 0. The Kier molecular flexibility index (Phi) is 4.02. The highest BCUT2D eigenvalue weighted by atomic mass is 16.1. The number of piperidine rings is 1. The van der Waals surface area contributed by atoms with Crippen LogP contribution >= 0.6 is 0 Å². The Morgan fingerprint density at radius 3 is 2.50 bits per heavy atom. The lowest BCUT2D eigenvalue weighted by molar-refractivity contribution is -0.122. The highest BCUT2D eigenvalue weighted by Gasteiger charge is 2.27. The second-order valence-electron chi connectivity index (χ2n) is 5.52. The van der Waals surface area contributed by atoms with E-state index in [0.29, 0.717) is 6.42 Å². The molecule has 0 aromatic heterocycles. The van der Waals surface area contributed by atoms with Crippen molar-refractivity contribution in [3.8, 4) is 0 Å². The molecule has 0 unspecified atom stereocenters. The summed E-state index contributed by atoms with van der Waals surface area (Å²) >= 11 is 0. The topological polar surface area (TPSA) is 41.1 Å². The number of carbonyl (C=O) groups excluding carboxylic acids is 1. The number of hydrogen-bond acceptors (Lipinski definition) is 2. The molecule has 0 aliphatic carbocycles. The molecule has 3 nitrogen and oxygen atoms in total. The van der Waals surface area contributed by atoms with Gasteiger partial charge in [-0.05, 0) is 45.3 Å². The van der Waals surface area contributed by atoms with Crippen molar-refractivity contribution in [3.63, 3.8) is 0 Å². The Morgan fingerprint density at radius 2 is 1.89 bits per heavy atom. The van der Waals surface area contributed by atoms with E-state index in [1.807, 2.05) is 12.1 Å². The Bertz CT molecular complexity index is 405. The molecule has 2 rings (SSSR count). The first kappa shape index (κ1) is 13.1. The molecule has 1 fully saturated rings. The van der Waals surface area contributed by atoms with Gasteiger partial charge in [-0.1, -0.05) is 29.8 Å². The lowest BCUT2D eigenvalue weighted by Gasteiger charge is -2.35. The summed E-state index contributed by atoms with van der Waals surface area (Å²) in [5.74, 6) is 0.128. The smallest absolute Gasteiger partial charge is 0.224 e. The van der Waals surface area contributed by atoms with Gasteiger partial charge in [-0.3, -0.25) is 4.79 Å². The van der Waals surface area contributed by atoms with Gasteiger partial charge >= 0.3 is 0 Å². The van der Waals surface area contributed by atoms with E-state index >= 15 is 0 Å². The van der Waals surface area contributed by atoms with Crippen LogP contribution < -0.4 is 10.6 Å². The van der Waals surface area contributed by atoms with E-state index in [1.165, 1.54) is 5.56 Å². The fourth-order valence-electron chi connectivity index (χ4n) is 2.38. The third-order valence-corrected chi connectivity index (χ3v) is 3.63. The normalized spacial score (nSPS) is 18.3. The molecular weight excluding hydrogens is 224 g/mol. The molecule has 0 spiro atoms. The minimum atomic E-state index is -0.0347. The predicted molar refractivity (Wildman–Crippen MR) is 73.5 cm³/mol. The van der Waals surface area contributed by atoms with Crippen molar-refractivity contribution in [2.75, 3.05) is 13.1 Å². The molecule has 1 amide bonds. The summed E-state index contributed by atoms with van der Waals surface area (Å²) in [6, 6.07) is 8.16. The molecule has 1 aliphatic rings. The van der Waals surface area contributed by atoms with E-state index in [4.69, 9.17) is 0 Å². The summed E-state index contributed by atoms with van der Waals surface area (Å²) in [6.07, 6.45) is 2.49. The first-order chi connectivity index (χ1) is 8.57. The van der Waals surface area contributed by atoms with Gasteiger partial charge < -0.3 is 10.6 Å².